The van der Waals surface area contributed by atoms with Crippen LogP contribution in [0.4, 0.5) is 5.95 Å². The Kier molecular flexibility index (Phi) is 4.63. The molecule has 2 atom stereocenters. The predicted octanol–water partition coefficient (Wildman–Crippen LogP) is 1.04. The summed E-state index contributed by atoms with van der Waals surface area (Å²) >= 11 is 0. The van der Waals surface area contributed by atoms with Crippen LogP contribution in [0, 0.1) is 5.92 Å². The van der Waals surface area contributed by atoms with E-state index in [1.807, 2.05) is 0 Å². The lowest BCUT2D eigenvalue weighted by atomic mass is 10.2. The number of ether oxygens (including phenoxy) is 2. The molecule has 2 aromatic rings. The van der Waals surface area contributed by atoms with Gasteiger partial charge in [0, 0.05) is 13.0 Å². The Morgan fingerprint density at radius 2 is 2.33 bits per heavy atom. The minimum atomic E-state index is -0.399. The third kappa shape index (κ3) is 3.17. The average molecular weight is 335 g/mol. The number of nitrogens with zero attached hydrogens (tertiary/aromatic N) is 3. The second-order valence-corrected chi connectivity index (χ2v) is 6.13. The van der Waals surface area contributed by atoms with Gasteiger partial charge in [-0.3, -0.25) is 24.5 Å². The molecule has 0 unspecified atom stereocenters. The first-order valence-electron chi connectivity index (χ1n) is 7.91. The summed E-state index contributed by atoms with van der Waals surface area (Å²) < 4.78 is 12.8. The van der Waals surface area contributed by atoms with Crippen molar-refractivity contribution in [2.75, 3.05) is 19.0 Å². The zero-order valence-corrected chi connectivity index (χ0v) is 13.9. The fraction of sp³-hybridized carbons (Fsp3) is 0.600. The van der Waals surface area contributed by atoms with Gasteiger partial charge in [-0.25, -0.2) is 4.98 Å². The fourth-order valence-corrected chi connectivity index (χ4v) is 2.66. The van der Waals surface area contributed by atoms with Crippen LogP contribution in [0.2, 0.25) is 0 Å². The molecule has 2 N–H and O–H groups in total. The second kappa shape index (κ2) is 6.70. The number of hydrogen-bond donors (Lipinski definition) is 2. The van der Waals surface area contributed by atoms with Crippen LogP contribution in [0.25, 0.3) is 11.2 Å². The summed E-state index contributed by atoms with van der Waals surface area (Å²) in [6.45, 7) is 4.05. The lowest BCUT2D eigenvalue weighted by Gasteiger charge is -2.15. The van der Waals surface area contributed by atoms with Crippen LogP contribution in [0.15, 0.2) is 11.1 Å². The van der Waals surface area contributed by atoms with Gasteiger partial charge in [-0.2, -0.15) is 4.98 Å². The van der Waals surface area contributed by atoms with Crippen LogP contribution in [0.5, 0.6) is 0 Å². The fourth-order valence-electron chi connectivity index (χ4n) is 2.66. The molecule has 1 aliphatic heterocycles. The van der Waals surface area contributed by atoms with Crippen molar-refractivity contribution in [2.24, 2.45) is 5.92 Å². The number of aromatic amines is 1. The lowest BCUT2D eigenvalue weighted by molar-refractivity contribution is -0.118. The van der Waals surface area contributed by atoms with E-state index in [0.717, 1.165) is 12.8 Å². The number of H-pyrrole nitrogens is 1. The predicted molar refractivity (Wildman–Crippen MR) is 86.6 cm³/mol. The summed E-state index contributed by atoms with van der Waals surface area (Å²) in [5.74, 6) is -0.330. The molecule has 0 spiro atoms. The number of methoxy groups -OCH3 is 1. The smallest absolute Gasteiger partial charge is 0.280 e. The molecule has 1 saturated heterocycles. The quantitative estimate of drug-likeness (QED) is 0.844. The van der Waals surface area contributed by atoms with Gasteiger partial charge in [-0.15, -0.1) is 0 Å². The highest BCUT2D eigenvalue weighted by atomic mass is 16.5. The van der Waals surface area contributed by atoms with Crippen LogP contribution in [-0.2, 0) is 14.3 Å². The molecule has 0 saturated carbocycles. The maximum Gasteiger partial charge on any atom is 0.280 e. The normalized spacial score (nSPS) is 20.8. The largest absolute Gasteiger partial charge is 0.382 e. The number of nitrogens with one attached hydrogen (secondary N) is 2. The number of amides is 1. The van der Waals surface area contributed by atoms with Crippen LogP contribution in [-0.4, -0.2) is 45.2 Å². The van der Waals surface area contributed by atoms with E-state index in [1.54, 1.807) is 31.9 Å². The Labute approximate surface area is 138 Å². The van der Waals surface area contributed by atoms with Crippen molar-refractivity contribution >= 4 is 23.0 Å². The topological polar surface area (TPSA) is 111 Å². The van der Waals surface area contributed by atoms with Crippen molar-refractivity contribution in [3.8, 4) is 0 Å². The summed E-state index contributed by atoms with van der Waals surface area (Å²) in [7, 11) is 1.63. The number of fused-ring (bicyclic) bond motifs is 1. The van der Waals surface area contributed by atoms with Crippen LogP contribution < -0.4 is 10.9 Å². The standard InChI is InChI=1S/C15H21N5O4/c1-8(2)13(21)18-15-17-12-11(14(22)19-15)16-7-20(12)10-5-4-9(24-10)6-23-3/h7-10H,4-6H2,1-3H3,(H2,17,18,19,21,22)/t9-,10+/m0/s1. The van der Waals surface area contributed by atoms with Crippen molar-refractivity contribution < 1.29 is 14.3 Å². The average Bonchev–Trinajstić information content (AvgIpc) is 3.14. The highest BCUT2D eigenvalue weighted by molar-refractivity contribution is 5.91. The molecule has 130 valence electrons. The first kappa shape index (κ1) is 16.6. The van der Waals surface area contributed by atoms with Gasteiger partial charge in [0.25, 0.3) is 5.56 Å². The summed E-state index contributed by atoms with van der Waals surface area (Å²) in [6, 6.07) is 0. The molecule has 0 aromatic carbocycles. The minimum absolute atomic E-state index is 0.0135. The number of anilines is 1. The van der Waals surface area contributed by atoms with Crippen molar-refractivity contribution in [3.63, 3.8) is 0 Å². The van der Waals surface area contributed by atoms with Gasteiger partial charge in [-0.1, -0.05) is 13.8 Å². The summed E-state index contributed by atoms with van der Waals surface area (Å²) in [6.07, 6.45) is 2.94. The number of carbonyl (C=O) groups is 1. The molecule has 3 rings (SSSR count). The number of carbonyl (C=O) groups excluding carboxylic acids is 1. The van der Waals surface area contributed by atoms with E-state index >= 15 is 0 Å². The zero-order chi connectivity index (χ0) is 17.3. The van der Waals surface area contributed by atoms with Crippen molar-refractivity contribution in [3.05, 3.63) is 16.7 Å². The molecule has 9 nitrogen and oxygen atoms in total. The molecular weight excluding hydrogens is 314 g/mol. The lowest BCUT2D eigenvalue weighted by Crippen LogP contribution is -2.22. The molecule has 1 aliphatic rings. The molecule has 2 aromatic heterocycles. The van der Waals surface area contributed by atoms with Crippen molar-refractivity contribution in [1.29, 1.82) is 0 Å². The Hall–Kier alpha value is -2.26. The van der Waals surface area contributed by atoms with Gasteiger partial charge < -0.3 is 9.47 Å². The molecule has 0 aliphatic carbocycles. The Morgan fingerprint density at radius 3 is 3.04 bits per heavy atom. The monoisotopic (exact) mass is 335 g/mol. The summed E-state index contributed by atoms with van der Waals surface area (Å²) in [5.41, 5.74) is 0.210. The van der Waals surface area contributed by atoms with E-state index in [0.29, 0.717) is 12.3 Å². The number of aromatic nitrogens is 4. The van der Waals surface area contributed by atoms with E-state index in [1.165, 1.54) is 0 Å². The molecule has 3 heterocycles. The maximum atomic E-state index is 12.2. The SMILES string of the molecule is COC[C@@H]1CC[C@H](n2cnc3c(=O)[nH]c(NC(=O)C(C)C)nc32)O1. The molecule has 0 radical (unpaired) electrons. The van der Waals surface area contributed by atoms with Gasteiger partial charge >= 0.3 is 0 Å². The molecule has 0 bridgehead atoms. The number of hydrogen-bond acceptors (Lipinski definition) is 6. The van der Waals surface area contributed by atoms with Crippen LogP contribution in [0.3, 0.4) is 0 Å². The Balaban J connectivity index is 1.91. The van der Waals surface area contributed by atoms with E-state index in [-0.39, 0.29) is 35.6 Å². The highest BCUT2D eigenvalue weighted by Gasteiger charge is 2.28. The zero-order valence-electron chi connectivity index (χ0n) is 13.9. The number of imidazole rings is 1. The first-order chi connectivity index (χ1) is 11.5. The minimum Gasteiger partial charge on any atom is -0.382 e. The van der Waals surface area contributed by atoms with Crippen molar-refractivity contribution in [2.45, 2.75) is 39.0 Å². The van der Waals surface area contributed by atoms with E-state index in [4.69, 9.17) is 9.47 Å². The van der Waals surface area contributed by atoms with E-state index in [2.05, 4.69) is 20.3 Å². The van der Waals surface area contributed by atoms with Gasteiger partial charge in [0.05, 0.1) is 19.0 Å². The highest BCUT2D eigenvalue weighted by Crippen LogP contribution is 2.30. The Morgan fingerprint density at radius 1 is 1.54 bits per heavy atom. The number of rotatable bonds is 5. The summed E-state index contributed by atoms with van der Waals surface area (Å²) in [4.78, 5) is 35.0. The van der Waals surface area contributed by atoms with Crippen LogP contribution >= 0.6 is 0 Å². The van der Waals surface area contributed by atoms with Crippen LogP contribution in [0.1, 0.15) is 32.9 Å². The third-order valence-corrected chi connectivity index (χ3v) is 3.95. The molecule has 9 heteroatoms. The second-order valence-electron chi connectivity index (χ2n) is 6.13. The van der Waals surface area contributed by atoms with E-state index in [9.17, 15) is 9.59 Å². The van der Waals surface area contributed by atoms with Gasteiger partial charge in [0.15, 0.2) is 11.2 Å². The Bertz CT molecular complexity index is 797. The molecular formula is C15H21N5O4. The molecule has 1 fully saturated rings. The van der Waals surface area contributed by atoms with Gasteiger partial charge in [0.1, 0.15) is 6.23 Å². The van der Waals surface area contributed by atoms with E-state index < -0.39 is 5.56 Å². The maximum absolute atomic E-state index is 12.2. The third-order valence-electron chi connectivity index (χ3n) is 3.95. The molecule has 24 heavy (non-hydrogen) atoms. The first-order valence-corrected chi connectivity index (χ1v) is 7.91. The van der Waals surface area contributed by atoms with Gasteiger partial charge in [-0.05, 0) is 12.8 Å². The summed E-state index contributed by atoms with van der Waals surface area (Å²) in [5, 5.41) is 2.60. The van der Waals surface area contributed by atoms with Gasteiger partial charge in [0.2, 0.25) is 11.9 Å². The molecule has 1 amide bonds. The van der Waals surface area contributed by atoms with Crippen molar-refractivity contribution in [1.82, 2.24) is 19.5 Å².